The van der Waals surface area contributed by atoms with Crippen LogP contribution in [0.15, 0.2) is 30.3 Å². The molecule has 23 heavy (non-hydrogen) atoms. The highest BCUT2D eigenvalue weighted by atomic mass is 16.1. The van der Waals surface area contributed by atoms with E-state index in [2.05, 4.69) is 34.4 Å². The van der Waals surface area contributed by atoms with E-state index in [4.69, 9.17) is 0 Å². The Bertz CT molecular complexity index is 682. The lowest BCUT2D eigenvalue weighted by molar-refractivity contribution is 0.102. The molecule has 0 aliphatic rings. The van der Waals surface area contributed by atoms with Crippen LogP contribution in [0.4, 0.5) is 11.5 Å². The summed E-state index contributed by atoms with van der Waals surface area (Å²) in [4.78, 5) is 21.0. The first-order valence-corrected chi connectivity index (χ1v) is 7.92. The summed E-state index contributed by atoms with van der Waals surface area (Å²) in [6.07, 6.45) is 1.05. The molecule has 1 aromatic heterocycles. The molecule has 1 heterocycles. The van der Waals surface area contributed by atoms with Crippen molar-refractivity contribution in [3.05, 3.63) is 47.4 Å². The summed E-state index contributed by atoms with van der Waals surface area (Å²) in [5.74, 6) is 1.66. The molecule has 1 amide bonds. The van der Waals surface area contributed by atoms with Gasteiger partial charge < -0.3 is 10.6 Å². The van der Waals surface area contributed by atoms with Gasteiger partial charge in [-0.3, -0.25) is 4.79 Å². The van der Waals surface area contributed by atoms with Crippen LogP contribution in [0.1, 0.15) is 42.1 Å². The summed E-state index contributed by atoms with van der Waals surface area (Å²) in [7, 11) is 0. The van der Waals surface area contributed by atoms with Gasteiger partial charge in [0, 0.05) is 18.3 Å². The van der Waals surface area contributed by atoms with E-state index in [9.17, 15) is 4.79 Å². The zero-order valence-electron chi connectivity index (χ0n) is 14.2. The van der Waals surface area contributed by atoms with Crippen molar-refractivity contribution in [2.75, 3.05) is 17.2 Å². The summed E-state index contributed by atoms with van der Waals surface area (Å²) in [5.41, 5.74) is 2.18. The molecule has 0 aliphatic carbocycles. The molecule has 0 radical (unpaired) electrons. The Morgan fingerprint density at radius 2 is 1.91 bits per heavy atom. The van der Waals surface area contributed by atoms with Gasteiger partial charge in [0.15, 0.2) is 0 Å². The Labute approximate surface area is 137 Å². The molecule has 0 aliphatic heterocycles. The van der Waals surface area contributed by atoms with Crippen molar-refractivity contribution in [3.8, 4) is 0 Å². The Kier molecular flexibility index (Phi) is 5.68. The largest absolute Gasteiger partial charge is 0.370 e. The number of rotatable bonds is 6. The smallest absolute Gasteiger partial charge is 0.274 e. The molecule has 122 valence electrons. The van der Waals surface area contributed by atoms with Crippen molar-refractivity contribution in [2.45, 2.75) is 34.1 Å². The lowest BCUT2D eigenvalue weighted by Gasteiger charge is -2.11. The maximum atomic E-state index is 12.4. The van der Waals surface area contributed by atoms with Crippen LogP contribution in [-0.4, -0.2) is 22.4 Å². The molecular weight excluding hydrogens is 288 g/mol. The second kappa shape index (κ2) is 7.72. The molecule has 2 aromatic rings. The second-order valence-corrected chi connectivity index (χ2v) is 6.06. The summed E-state index contributed by atoms with van der Waals surface area (Å²) in [6.45, 7) is 8.92. The van der Waals surface area contributed by atoms with E-state index in [1.807, 2.05) is 31.2 Å². The van der Waals surface area contributed by atoms with Gasteiger partial charge in [0.2, 0.25) is 0 Å². The van der Waals surface area contributed by atoms with E-state index in [1.165, 1.54) is 0 Å². The summed E-state index contributed by atoms with van der Waals surface area (Å²) in [6, 6.07) is 9.37. The van der Waals surface area contributed by atoms with Gasteiger partial charge >= 0.3 is 0 Å². The number of para-hydroxylation sites is 1. The van der Waals surface area contributed by atoms with Gasteiger partial charge in [-0.05, 0) is 37.8 Å². The van der Waals surface area contributed by atoms with Gasteiger partial charge in [-0.15, -0.1) is 0 Å². The molecule has 5 nitrogen and oxygen atoms in total. The van der Waals surface area contributed by atoms with Crippen LogP contribution in [-0.2, 0) is 0 Å². The molecule has 0 atom stereocenters. The minimum atomic E-state index is -0.225. The second-order valence-electron chi connectivity index (χ2n) is 6.06. The number of anilines is 2. The number of benzene rings is 1. The standard InChI is InChI=1S/C18H24N4O/c1-12(2)9-10-19-17-11-16(20-14(4)21-17)18(23)22-15-8-6-5-7-13(15)3/h5-8,11-12H,9-10H2,1-4H3,(H,22,23)(H,19,20,21). The number of carbonyl (C=O) groups excluding carboxylic acids is 1. The van der Waals surface area contributed by atoms with Gasteiger partial charge in [-0.25, -0.2) is 9.97 Å². The highest BCUT2D eigenvalue weighted by molar-refractivity contribution is 6.03. The first-order valence-electron chi connectivity index (χ1n) is 7.92. The molecular formula is C18H24N4O. The fraction of sp³-hybridized carbons (Fsp3) is 0.389. The molecule has 0 saturated carbocycles. The van der Waals surface area contributed by atoms with Crippen LogP contribution in [0.5, 0.6) is 0 Å². The topological polar surface area (TPSA) is 66.9 Å². The molecule has 5 heteroatoms. The van der Waals surface area contributed by atoms with Crippen LogP contribution in [0, 0.1) is 19.8 Å². The van der Waals surface area contributed by atoms with E-state index < -0.39 is 0 Å². The van der Waals surface area contributed by atoms with Crippen molar-refractivity contribution in [1.82, 2.24) is 9.97 Å². The minimum absolute atomic E-state index is 0.225. The summed E-state index contributed by atoms with van der Waals surface area (Å²) >= 11 is 0. The normalized spacial score (nSPS) is 10.7. The van der Waals surface area contributed by atoms with E-state index >= 15 is 0 Å². The predicted octanol–water partition coefficient (Wildman–Crippen LogP) is 3.80. The Hall–Kier alpha value is -2.43. The maximum absolute atomic E-state index is 12.4. The highest BCUT2D eigenvalue weighted by Gasteiger charge is 2.11. The lowest BCUT2D eigenvalue weighted by atomic mass is 10.1. The summed E-state index contributed by atoms with van der Waals surface area (Å²) < 4.78 is 0. The number of aryl methyl sites for hydroxylation is 2. The Morgan fingerprint density at radius 1 is 1.17 bits per heavy atom. The van der Waals surface area contributed by atoms with Crippen LogP contribution < -0.4 is 10.6 Å². The Morgan fingerprint density at radius 3 is 2.61 bits per heavy atom. The number of nitrogens with one attached hydrogen (secondary N) is 2. The van der Waals surface area contributed by atoms with E-state index in [1.54, 1.807) is 13.0 Å². The third kappa shape index (κ3) is 5.06. The lowest BCUT2D eigenvalue weighted by Crippen LogP contribution is -2.16. The van der Waals surface area contributed by atoms with E-state index in [0.717, 1.165) is 24.2 Å². The SMILES string of the molecule is Cc1nc(NCCC(C)C)cc(C(=O)Nc2ccccc2C)n1. The zero-order chi connectivity index (χ0) is 16.8. The maximum Gasteiger partial charge on any atom is 0.274 e. The third-order valence-electron chi connectivity index (χ3n) is 3.49. The van der Waals surface area contributed by atoms with Gasteiger partial charge in [0.1, 0.15) is 17.3 Å². The average Bonchev–Trinajstić information content (AvgIpc) is 2.48. The van der Waals surface area contributed by atoms with Crippen LogP contribution in [0.2, 0.25) is 0 Å². The number of carbonyl (C=O) groups is 1. The zero-order valence-corrected chi connectivity index (χ0v) is 14.2. The van der Waals surface area contributed by atoms with Crippen molar-refractivity contribution in [2.24, 2.45) is 5.92 Å². The number of hydrogen-bond acceptors (Lipinski definition) is 4. The number of amides is 1. The molecule has 1 aromatic carbocycles. The summed E-state index contributed by atoms with van der Waals surface area (Å²) in [5, 5.41) is 6.15. The van der Waals surface area contributed by atoms with Gasteiger partial charge in [0.25, 0.3) is 5.91 Å². The third-order valence-corrected chi connectivity index (χ3v) is 3.49. The van der Waals surface area contributed by atoms with Crippen LogP contribution >= 0.6 is 0 Å². The molecule has 0 unspecified atom stereocenters. The number of aromatic nitrogens is 2. The number of nitrogens with zero attached hydrogens (tertiary/aromatic N) is 2. The predicted molar refractivity (Wildman–Crippen MR) is 93.8 cm³/mol. The molecule has 0 saturated heterocycles. The van der Waals surface area contributed by atoms with Gasteiger partial charge in [-0.1, -0.05) is 32.0 Å². The van der Waals surface area contributed by atoms with E-state index in [0.29, 0.717) is 23.3 Å². The van der Waals surface area contributed by atoms with E-state index in [-0.39, 0.29) is 5.91 Å². The monoisotopic (exact) mass is 312 g/mol. The molecule has 2 N–H and O–H groups in total. The average molecular weight is 312 g/mol. The van der Waals surface area contributed by atoms with Gasteiger partial charge in [0.05, 0.1) is 0 Å². The first-order chi connectivity index (χ1) is 11.0. The highest BCUT2D eigenvalue weighted by Crippen LogP contribution is 2.15. The van der Waals surface area contributed by atoms with Crippen molar-refractivity contribution in [3.63, 3.8) is 0 Å². The molecule has 0 bridgehead atoms. The van der Waals surface area contributed by atoms with Crippen molar-refractivity contribution in [1.29, 1.82) is 0 Å². The Balaban J connectivity index is 2.11. The van der Waals surface area contributed by atoms with Crippen molar-refractivity contribution >= 4 is 17.4 Å². The van der Waals surface area contributed by atoms with Crippen molar-refractivity contribution < 1.29 is 4.79 Å². The number of hydrogen-bond donors (Lipinski definition) is 2. The van der Waals surface area contributed by atoms with Crippen LogP contribution in [0.3, 0.4) is 0 Å². The fourth-order valence-corrected chi connectivity index (χ4v) is 2.16. The first kappa shape index (κ1) is 16.9. The molecule has 2 rings (SSSR count). The molecule has 0 fully saturated rings. The fourth-order valence-electron chi connectivity index (χ4n) is 2.16. The molecule has 0 spiro atoms. The minimum Gasteiger partial charge on any atom is -0.370 e. The van der Waals surface area contributed by atoms with Crippen LogP contribution in [0.25, 0.3) is 0 Å². The van der Waals surface area contributed by atoms with Gasteiger partial charge in [-0.2, -0.15) is 0 Å². The quantitative estimate of drug-likeness (QED) is 0.851.